The number of fused-ring (bicyclic) bond motifs is 1. The van der Waals surface area contributed by atoms with Gasteiger partial charge in [-0.1, -0.05) is 0 Å². The molecule has 0 aromatic carbocycles. The minimum absolute atomic E-state index is 0.00529. The van der Waals surface area contributed by atoms with Crippen LogP contribution < -0.4 is 15.5 Å². The fourth-order valence-electron chi connectivity index (χ4n) is 3.82. The molecular weight excluding hydrogens is 442 g/mol. The highest BCUT2D eigenvalue weighted by atomic mass is 19.4. The maximum atomic E-state index is 13.7. The first kappa shape index (κ1) is 22.2. The molecule has 2 aromatic heterocycles. The zero-order valence-electron chi connectivity index (χ0n) is 16.5. The van der Waals surface area contributed by atoms with Gasteiger partial charge in [0.25, 0.3) is 0 Å². The third-order valence-corrected chi connectivity index (χ3v) is 5.32. The Morgan fingerprint density at radius 3 is 2.53 bits per heavy atom. The fourth-order valence-corrected chi connectivity index (χ4v) is 3.82. The van der Waals surface area contributed by atoms with Gasteiger partial charge in [-0.25, -0.2) is 15.0 Å². The Hall–Kier alpha value is -2.96. The summed E-state index contributed by atoms with van der Waals surface area (Å²) in [5, 5.41) is 5.37. The number of carbonyl (C=O) groups excluding carboxylic acids is 1. The van der Waals surface area contributed by atoms with Crippen molar-refractivity contribution in [3.05, 3.63) is 29.6 Å². The van der Waals surface area contributed by atoms with Crippen LogP contribution >= 0.6 is 0 Å². The molecular formula is C19H18F6N6O. The minimum Gasteiger partial charge on any atom is -0.355 e. The van der Waals surface area contributed by atoms with Gasteiger partial charge in [0, 0.05) is 31.6 Å². The second-order valence-electron chi connectivity index (χ2n) is 7.52. The van der Waals surface area contributed by atoms with Crippen LogP contribution in [0.3, 0.4) is 0 Å². The number of hydrogen-bond acceptors (Lipinski definition) is 6. The van der Waals surface area contributed by atoms with Crippen LogP contribution in [0.1, 0.15) is 29.9 Å². The average Bonchev–Trinajstić information content (AvgIpc) is 3.00. The summed E-state index contributed by atoms with van der Waals surface area (Å²) in [6, 6.07) is 1.55. The van der Waals surface area contributed by atoms with E-state index in [9.17, 15) is 31.1 Å². The summed E-state index contributed by atoms with van der Waals surface area (Å²) in [5.41, 5.74) is -2.30. The maximum absolute atomic E-state index is 13.7. The van der Waals surface area contributed by atoms with Crippen molar-refractivity contribution in [2.24, 2.45) is 0 Å². The summed E-state index contributed by atoms with van der Waals surface area (Å²) >= 11 is 0. The maximum Gasteiger partial charge on any atom is 0.416 e. The van der Waals surface area contributed by atoms with Crippen molar-refractivity contribution >= 4 is 17.5 Å². The quantitative estimate of drug-likeness (QED) is 0.669. The molecule has 2 N–H and O–H groups in total. The van der Waals surface area contributed by atoms with Crippen molar-refractivity contribution in [1.29, 1.82) is 0 Å². The van der Waals surface area contributed by atoms with Gasteiger partial charge in [-0.2, -0.15) is 26.3 Å². The summed E-state index contributed by atoms with van der Waals surface area (Å²) in [7, 11) is 0. The number of nitrogens with one attached hydrogen (secondary N) is 2. The van der Waals surface area contributed by atoms with Gasteiger partial charge >= 0.3 is 12.4 Å². The van der Waals surface area contributed by atoms with Crippen LogP contribution in [0.2, 0.25) is 0 Å². The molecule has 32 heavy (non-hydrogen) atoms. The van der Waals surface area contributed by atoms with Crippen molar-refractivity contribution in [2.45, 2.75) is 31.1 Å². The smallest absolute Gasteiger partial charge is 0.355 e. The van der Waals surface area contributed by atoms with Gasteiger partial charge in [-0.15, -0.1) is 0 Å². The van der Waals surface area contributed by atoms with Crippen LogP contribution in [0.15, 0.2) is 18.5 Å². The van der Waals surface area contributed by atoms with E-state index in [2.05, 4.69) is 25.6 Å². The van der Waals surface area contributed by atoms with Gasteiger partial charge in [0.1, 0.15) is 18.0 Å². The monoisotopic (exact) mass is 460 g/mol. The van der Waals surface area contributed by atoms with E-state index in [1.54, 1.807) is 4.90 Å². The van der Waals surface area contributed by atoms with Gasteiger partial charge < -0.3 is 15.5 Å². The molecule has 1 fully saturated rings. The number of pyridine rings is 1. The zero-order chi connectivity index (χ0) is 23.1. The third kappa shape index (κ3) is 4.47. The molecule has 0 saturated carbocycles. The first-order valence-electron chi connectivity index (χ1n) is 9.81. The Balaban J connectivity index is 1.89. The summed E-state index contributed by atoms with van der Waals surface area (Å²) in [6.45, 7) is 2.04. The van der Waals surface area contributed by atoms with Gasteiger partial charge in [-0.3, -0.25) is 4.79 Å². The highest BCUT2D eigenvalue weighted by Crippen LogP contribution is 2.46. The van der Waals surface area contributed by atoms with E-state index in [1.807, 2.05) is 0 Å². The molecule has 172 valence electrons. The largest absolute Gasteiger partial charge is 0.416 e. The molecule has 13 heteroatoms. The van der Waals surface area contributed by atoms with E-state index in [4.69, 9.17) is 0 Å². The average molecular weight is 460 g/mol. The van der Waals surface area contributed by atoms with Crippen LogP contribution in [-0.4, -0.2) is 53.2 Å². The van der Waals surface area contributed by atoms with Crippen LogP contribution in [0.25, 0.3) is 11.4 Å². The SMILES string of the molecule is O=C1C[C@@H](C(F)(F)F)c2c(ncnc2-c2cc(C(F)(F)F)cc(N3CCCNCC3)n2)N1. The second-order valence-corrected chi connectivity index (χ2v) is 7.52. The number of amides is 1. The molecule has 7 nitrogen and oxygen atoms in total. The lowest BCUT2D eigenvalue weighted by Gasteiger charge is -2.28. The zero-order valence-corrected chi connectivity index (χ0v) is 16.5. The van der Waals surface area contributed by atoms with E-state index < -0.39 is 47.4 Å². The number of anilines is 2. The van der Waals surface area contributed by atoms with Crippen molar-refractivity contribution in [2.75, 3.05) is 36.4 Å². The summed E-state index contributed by atoms with van der Waals surface area (Å²) in [4.78, 5) is 25.2. The number of halogens is 6. The van der Waals surface area contributed by atoms with Crippen molar-refractivity contribution in [3.63, 3.8) is 0 Å². The van der Waals surface area contributed by atoms with Crippen LogP contribution in [0.5, 0.6) is 0 Å². The Morgan fingerprint density at radius 1 is 1.03 bits per heavy atom. The topological polar surface area (TPSA) is 83.0 Å². The highest BCUT2D eigenvalue weighted by Gasteiger charge is 2.47. The van der Waals surface area contributed by atoms with Crippen LogP contribution in [0.4, 0.5) is 38.0 Å². The Labute approximate surface area is 178 Å². The van der Waals surface area contributed by atoms with Crippen LogP contribution in [-0.2, 0) is 11.0 Å². The Morgan fingerprint density at radius 2 is 1.81 bits per heavy atom. The molecule has 2 aliphatic heterocycles. The lowest BCUT2D eigenvalue weighted by Crippen LogP contribution is -2.33. The Kier molecular flexibility index (Phi) is 5.69. The molecule has 1 saturated heterocycles. The first-order chi connectivity index (χ1) is 15.0. The van der Waals surface area contributed by atoms with E-state index in [0.717, 1.165) is 12.4 Å². The third-order valence-electron chi connectivity index (χ3n) is 5.32. The normalized spacial score (nSPS) is 19.9. The minimum atomic E-state index is -4.83. The number of rotatable bonds is 2. The molecule has 0 bridgehead atoms. The lowest BCUT2D eigenvalue weighted by molar-refractivity contribution is -0.156. The number of nitrogens with zero attached hydrogens (tertiary/aromatic N) is 4. The lowest BCUT2D eigenvalue weighted by atomic mass is 9.89. The molecule has 4 rings (SSSR count). The van der Waals surface area contributed by atoms with E-state index in [-0.39, 0.29) is 17.3 Å². The predicted octanol–water partition coefficient (Wildman–Crippen LogP) is 3.35. The molecule has 0 aliphatic carbocycles. The van der Waals surface area contributed by atoms with Gasteiger partial charge in [0.05, 0.1) is 22.9 Å². The van der Waals surface area contributed by atoms with Crippen molar-refractivity contribution in [3.8, 4) is 11.4 Å². The first-order valence-corrected chi connectivity index (χ1v) is 9.81. The molecule has 0 unspecified atom stereocenters. The summed E-state index contributed by atoms with van der Waals surface area (Å²) < 4.78 is 82.1. The Bertz CT molecular complexity index is 1020. The number of carbonyl (C=O) groups is 1. The van der Waals surface area contributed by atoms with Gasteiger partial charge in [0.2, 0.25) is 5.91 Å². The van der Waals surface area contributed by atoms with E-state index in [1.165, 1.54) is 0 Å². The van der Waals surface area contributed by atoms with E-state index >= 15 is 0 Å². The number of alkyl halides is 6. The second kappa shape index (κ2) is 8.19. The number of hydrogen-bond donors (Lipinski definition) is 2. The van der Waals surface area contributed by atoms with Crippen molar-refractivity contribution < 1.29 is 31.1 Å². The molecule has 1 amide bonds. The molecule has 2 aromatic rings. The van der Waals surface area contributed by atoms with Gasteiger partial charge in [-0.05, 0) is 25.1 Å². The summed E-state index contributed by atoms with van der Waals surface area (Å²) in [5.74, 6) is -3.54. The molecule has 0 radical (unpaired) electrons. The molecule has 0 spiro atoms. The number of aromatic nitrogens is 3. The van der Waals surface area contributed by atoms with E-state index in [0.29, 0.717) is 38.7 Å². The molecule has 4 heterocycles. The van der Waals surface area contributed by atoms with Crippen molar-refractivity contribution in [1.82, 2.24) is 20.3 Å². The summed E-state index contributed by atoms with van der Waals surface area (Å²) in [6.07, 6.45) is -8.93. The fraction of sp³-hybridized carbons (Fsp3) is 0.474. The predicted molar refractivity (Wildman–Crippen MR) is 102 cm³/mol. The molecule has 2 aliphatic rings. The highest BCUT2D eigenvalue weighted by molar-refractivity contribution is 5.95. The van der Waals surface area contributed by atoms with Gasteiger partial charge in [0.15, 0.2) is 0 Å². The standard InChI is InChI=1S/C19H18F6N6O/c20-18(21,22)10-6-12(29-13(7-10)31-4-1-2-26-3-5-31)16-15-11(19(23,24)25)8-14(32)30-17(15)28-9-27-16/h6-7,9,11,26H,1-5,8H2,(H,27,28,30,32)/t11-/m1/s1. The van der Waals surface area contributed by atoms with Crippen LogP contribution in [0, 0.1) is 0 Å². The molecule has 1 atom stereocenters.